The van der Waals surface area contributed by atoms with Gasteiger partial charge in [-0.05, 0) is 49.8 Å². The number of hydrogen-bond donors (Lipinski definition) is 0. The second-order valence-corrected chi connectivity index (χ2v) is 8.76. The van der Waals surface area contributed by atoms with Gasteiger partial charge in [0.15, 0.2) is 0 Å². The number of anilines is 1. The number of rotatable bonds is 4. The molecule has 0 atom stereocenters. The molecule has 0 radical (unpaired) electrons. The topological polar surface area (TPSA) is 9.72 Å². The highest BCUT2D eigenvalue weighted by Gasteiger charge is 2.20. The number of hydrogen-bond acceptors (Lipinski definition) is 4. The van der Waals surface area contributed by atoms with Gasteiger partial charge in [-0.25, -0.2) is 0 Å². The van der Waals surface area contributed by atoms with Crippen molar-refractivity contribution in [3.05, 3.63) is 53.1 Å². The van der Waals surface area contributed by atoms with Crippen LogP contribution < -0.4 is 4.90 Å². The van der Waals surface area contributed by atoms with Gasteiger partial charge in [0, 0.05) is 54.1 Å². The van der Waals surface area contributed by atoms with E-state index in [1.165, 1.54) is 60.2 Å². The van der Waals surface area contributed by atoms with Crippen molar-refractivity contribution in [2.75, 3.05) is 51.2 Å². The molecule has 5 heteroatoms. The Morgan fingerprint density at radius 3 is 2.62 bits per heavy atom. The molecule has 2 aliphatic heterocycles. The lowest BCUT2D eigenvalue weighted by Crippen LogP contribution is -2.45. The predicted octanol–water partition coefficient (Wildman–Crippen LogP) is 4.45. The quantitative estimate of drug-likeness (QED) is 0.766. The van der Waals surface area contributed by atoms with Crippen LogP contribution in [0.5, 0.6) is 0 Å². The molecule has 4 rings (SSSR count). The number of likely N-dealkylation sites (N-methyl/N-ethyl adjacent to an activating group) is 1. The molecule has 0 bridgehead atoms. The summed E-state index contributed by atoms with van der Waals surface area (Å²) in [5.74, 6) is 0. The lowest BCUT2D eigenvalue weighted by Gasteiger charge is -2.33. The van der Waals surface area contributed by atoms with E-state index < -0.39 is 0 Å². The molecular weight excluding hydrogens is 362 g/mol. The first-order valence-corrected chi connectivity index (χ1v) is 10.6. The Kier molecular flexibility index (Phi) is 5.75. The van der Waals surface area contributed by atoms with E-state index in [0.717, 1.165) is 18.1 Å². The lowest BCUT2D eigenvalue weighted by atomic mass is 10.2. The third-order valence-electron chi connectivity index (χ3n) is 5.31. The molecule has 0 aromatic heterocycles. The first-order chi connectivity index (χ1) is 12.7. The van der Waals surface area contributed by atoms with Crippen molar-refractivity contribution in [3.63, 3.8) is 0 Å². The van der Waals surface area contributed by atoms with E-state index in [9.17, 15) is 0 Å². The maximum absolute atomic E-state index is 6.33. The Balaban J connectivity index is 1.48. The van der Waals surface area contributed by atoms with E-state index >= 15 is 0 Å². The summed E-state index contributed by atoms with van der Waals surface area (Å²) < 4.78 is 0. The van der Waals surface area contributed by atoms with Crippen molar-refractivity contribution in [2.45, 2.75) is 22.8 Å². The van der Waals surface area contributed by atoms with Gasteiger partial charge < -0.3 is 14.7 Å². The number of fused-ring (bicyclic) bond motifs is 2. The molecular formula is C21H26ClN3S. The summed E-state index contributed by atoms with van der Waals surface area (Å²) in [6, 6.07) is 15.1. The molecule has 0 saturated carbocycles. The van der Waals surface area contributed by atoms with Crippen LogP contribution >= 0.6 is 23.4 Å². The molecule has 0 amide bonds. The molecule has 0 unspecified atom stereocenters. The van der Waals surface area contributed by atoms with Crippen LogP contribution in [-0.2, 0) is 6.54 Å². The van der Waals surface area contributed by atoms with Gasteiger partial charge in [-0.1, -0.05) is 41.6 Å². The van der Waals surface area contributed by atoms with Crippen LogP contribution in [-0.4, -0.2) is 56.1 Å². The van der Waals surface area contributed by atoms with E-state index in [-0.39, 0.29) is 0 Å². The molecule has 0 aliphatic carbocycles. The summed E-state index contributed by atoms with van der Waals surface area (Å²) >= 11 is 8.19. The van der Waals surface area contributed by atoms with Crippen LogP contribution in [0, 0.1) is 0 Å². The van der Waals surface area contributed by atoms with Crippen LogP contribution in [0.15, 0.2) is 52.3 Å². The number of benzene rings is 2. The fraction of sp³-hybridized carbons (Fsp3) is 0.429. The molecule has 2 aliphatic rings. The van der Waals surface area contributed by atoms with Gasteiger partial charge in [0.1, 0.15) is 0 Å². The summed E-state index contributed by atoms with van der Waals surface area (Å²) in [4.78, 5) is 10.2. The Hall–Kier alpha value is -1.20. The number of halogens is 1. The van der Waals surface area contributed by atoms with E-state index in [0.29, 0.717) is 0 Å². The Bertz CT molecular complexity index is 759. The number of nitrogens with zero attached hydrogens (tertiary/aromatic N) is 3. The maximum Gasteiger partial charge on any atom is 0.0526 e. The van der Waals surface area contributed by atoms with Gasteiger partial charge in [-0.15, -0.1) is 0 Å². The molecule has 0 N–H and O–H groups in total. The molecule has 0 spiro atoms. The zero-order valence-corrected chi connectivity index (χ0v) is 16.9. The molecule has 1 fully saturated rings. The summed E-state index contributed by atoms with van der Waals surface area (Å²) in [5, 5.41) is 0.819. The molecule has 1 saturated heterocycles. The number of piperazine rings is 1. The Morgan fingerprint density at radius 2 is 1.77 bits per heavy atom. The molecule has 138 valence electrons. The minimum absolute atomic E-state index is 0.819. The predicted molar refractivity (Wildman–Crippen MR) is 112 cm³/mol. The molecule has 2 aromatic rings. The minimum Gasteiger partial charge on any atom is -0.366 e. The second kappa shape index (κ2) is 8.22. The van der Waals surface area contributed by atoms with E-state index in [4.69, 9.17) is 11.6 Å². The highest BCUT2D eigenvalue weighted by molar-refractivity contribution is 7.99. The minimum atomic E-state index is 0.819. The zero-order chi connectivity index (χ0) is 17.9. The lowest BCUT2D eigenvalue weighted by molar-refractivity contribution is 0.153. The van der Waals surface area contributed by atoms with Crippen LogP contribution in [0.1, 0.15) is 12.0 Å². The summed E-state index contributed by atoms with van der Waals surface area (Å²) in [5.41, 5.74) is 2.68. The van der Waals surface area contributed by atoms with E-state index in [1.54, 1.807) is 0 Å². The van der Waals surface area contributed by atoms with Crippen molar-refractivity contribution in [3.8, 4) is 0 Å². The van der Waals surface area contributed by atoms with Crippen LogP contribution in [0.25, 0.3) is 0 Å². The van der Waals surface area contributed by atoms with Gasteiger partial charge in [-0.2, -0.15) is 0 Å². The average molecular weight is 388 g/mol. The second-order valence-electron chi connectivity index (χ2n) is 7.24. The van der Waals surface area contributed by atoms with Gasteiger partial charge in [0.05, 0.1) is 5.69 Å². The van der Waals surface area contributed by atoms with Gasteiger partial charge in [-0.3, -0.25) is 0 Å². The average Bonchev–Trinajstić information content (AvgIpc) is 2.80. The van der Waals surface area contributed by atoms with Crippen molar-refractivity contribution >= 4 is 29.1 Å². The summed E-state index contributed by atoms with van der Waals surface area (Å²) in [6.45, 7) is 7.95. The normalized spacial score (nSPS) is 18.3. The van der Waals surface area contributed by atoms with E-state index in [1.807, 2.05) is 17.8 Å². The Labute approximate surface area is 165 Å². The Morgan fingerprint density at radius 1 is 0.962 bits per heavy atom. The first kappa shape index (κ1) is 18.2. The largest absolute Gasteiger partial charge is 0.366 e. The maximum atomic E-state index is 6.33. The molecule has 2 heterocycles. The fourth-order valence-corrected chi connectivity index (χ4v) is 4.97. The van der Waals surface area contributed by atoms with Crippen molar-refractivity contribution in [2.24, 2.45) is 0 Å². The summed E-state index contributed by atoms with van der Waals surface area (Å²) in [7, 11) is 2.21. The zero-order valence-electron chi connectivity index (χ0n) is 15.3. The summed E-state index contributed by atoms with van der Waals surface area (Å²) in [6.07, 6.45) is 1.18. The van der Waals surface area contributed by atoms with Crippen molar-refractivity contribution < 1.29 is 0 Å². The van der Waals surface area contributed by atoms with Gasteiger partial charge in [0.2, 0.25) is 0 Å². The molecule has 26 heavy (non-hydrogen) atoms. The highest BCUT2D eigenvalue weighted by Crippen LogP contribution is 2.42. The fourth-order valence-electron chi connectivity index (χ4n) is 3.72. The monoisotopic (exact) mass is 387 g/mol. The highest BCUT2D eigenvalue weighted by atomic mass is 35.5. The third kappa shape index (κ3) is 4.20. The molecule has 2 aromatic carbocycles. The van der Waals surface area contributed by atoms with Crippen molar-refractivity contribution in [1.29, 1.82) is 0 Å². The third-order valence-corrected chi connectivity index (χ3v) is 6.73. The smallest absolute Gasteiger partial charge is 0.0526 e. The van der Waals surface area contributed by atoms with Crippen molar-refractivity contribution in [1.82, 2.24) is 9.80 Å². The van der Waals surface area contributed by atoms with E-state index in [2.05, 4.69) is 58.1 Å². The van der Waals surface area contributed by atoms with Gasteiger partial charge in [0.25, 0.3) is 0 Å². The standard InChI is InChI=1S/C21H26ClN3S/c1-23-11-13-24(14-12-23)9-4-10-25-16-17-5-2-3-6-20(17)26-21-8-7-18(22)15-19(21)25/h2-3,5-8,15H,4,9-14,16H2,1H3. The molecule has 3 nitrogen and oxygen atoms in total. The van der Waals surface area contributed by atoms with Crippen LogP contribution in [0.3, 0.4) is 0 Å². The van der Waals surface area contributed by atoms with Gasteiger partial charge >= 0.3 is 0 Å². The SMILES string of the molecule is CN1CCN(CCCN2Cc3ccccc3Sc3ccc(Cl)cc32)CC1. The van der Waals surface area contributed by atoms with Crippen LogP contribution in [0.4, 0.5) is 5.69 Å². The van der Waals surface area contributed by atoms with Crippen LogP contribution in [0.2, 0.25) is 5.02 Å². The first-order valence-electron chi connectivity index (χ1n) is 9.40.